The van der Waals surface area contributed by atoms with E-state index in [4.69, 9.17) is 17.0 Å². The number of halogens is 1. The number of nitrogens with one attached hydrogen (secondary N) is 2. The first-order valence-electron chi connectivity index (χ1n) is 7.96. The number of hydrogen-bond donors (Lipinski definition) is 2. The molecule has 0 aliphatic heterocycles. The highest BCUT2D eigenvalue weighted by atomic mass is 79.9. The molecule has 0 aliphatic rings. The zero-order valence-corrected chi connectivity index (χ0v) is 17.0. The molecule has 2 N–H and O–H groups in total. The maximum Gasteiger partial charge on any atom is 0.261 e. The molecule has 0 heterocycles. The van der Waals surface area contributed by atoms with Gasteiger partial charge in [0.15, 0.2) is 10.9 Å². The molecule has 7 heteroatoms. The zero-order valence-electron chi connectivity index (χ0n) is 14.6. The van der Waals surface area contributed by atoms with Crippen LogP contribution in [-0.2, 0) is 0 Å². The summed E-state index contributed by atoms with van der Waals surface area (Å²) >= 11 is 8.56. The van der Waals surface area contributed by atoms with E-state index in [9.17, 15) is 9.59 Å². The zero-order chi connectivity index (χ0) is 19.3. The number of rotatable bonds is 5. The average Bonchev–Trinajstić information content (AvgIpc) is 2.56. The van der Waals surface area contributed by atoms with Crippen molar-refractivity contribution in [2.45, 2.75) is 26.9 Å². The van der Waals surface area contributed by atoms with Crippen molar-refractivity contribution in [1.29, 1.82) is 0 Å². The van der Waals surface area contributed by atoms with Gasteiger partial charge in [0.1, 0.15) is 5.75 Å². The lowest BCUT2D eigenvalue weighted by Crippen LogP contribution is -2.34. The number of ketones is 1. The van der Waals surface area contributed by atoms with Gasteiger partial charge in [-0.25, -0.2) is 0 Å². The molecule has 0 atom stereocenters. The van der Waals surface area contributed by atoms with Crippen molar-refractivity contribution >= 4 is 50.6 Å². The highest BCUT2D eigenvalue weighted by Gasteiger charge is 2.16. The number of carbonyl (C=O) groups excluding carboxylic acids is 2. The van der Waals surface area contributed by atoms with E-state index in [1.165, 1.54) is 6.92 Å². The van der Waals surface area contributed by atoms with Gasteiger partial charge in [0.25, 0.3) is 5.91 Å². The molecule has 2 aromatic carbocycles. The Morgan fingerprint density at radius 2 is 1.88 bits per heavy atom. The number of carbonyl (C=O) groups is 2. The highest BCUT2D eigenvalue weighted by Crippen LogP contribution is 2.24. The second-order valence-electron chi connectivity index (χ2n) is 5.85. The Kier molecular flexibility index (Phi) is 6.88. The molecular weight excluding hydrogens is 416 g/mol. The predicted molar refractivity (Wildman–Crippen MR) is 110 cm³/mol. The molecule has 0 saturated heterocycles. The molecular formula is C19H19BrN2O3S. The van der Waals surface area contributed by atoms with Crippen LogP contribution in [0.2, 0.25) is 0 Å². The minimum Gasteiger partial charge on any atom is -0.490 e. The van der Waals surface area contributed by atoms with Crippen LogP contribution in [0.1, 0.15) is 41.5 Å². The number of hydrogen-bond acceptors (Lipinski definition) is 4. The molecule has 0 aromatic heterocycles. The Morgan fingerprint density at radius 1 is 1.15 bits per heavy atom. The molecule has 0 unspecified atom stereocenters. The van der Waals surface area contributed by atoms with Crippen LogP contribution in [0.15, 0.2) is 46.9 Å². The maximum absolute atomic E-state index is 12.6. The summed E-state index contributed by atoms with van der Waals surface area (Å²) in [6.07, 6.45) is -0.0675. The molecule has 136 valence electrons. The monoisotopic (exact) mass is 434 g/mol. The molecule has 0 spiro atoms. The van der Waals surface area contributed by atoms with E-state index >= 15 is 0 Å². The van der Waals surface area contributed by atoms with E-state index in [1.54, 1.807) is 42.5 Å². The Morgan fingerprint density at radius 3 is 2.54 bits per heavy atom. The van der Waals surface area contributed by atoms with Gasteiger partial charge < -0.3 is 10.1 Å². The van der Waals surface area contributed by atoms with E-state index < -0.39 is 0 Å². The molecule has 0 bridgehead atoms. The van der Waals surface area contributed by atoms with Gasteiger partial charge in [0, 0.05) is 15.7 Å². The van der Waals surface area contributed by atoms with Crippen molar-refractivity contribution in [2.75, 3.05) is 5.32 Å². The SMILES string of the molecule is CC(=O)c1cccc(NC(=S)NC(=O)c2cc(Br)ccc2OC(C)C)c1. The van der Waals surface area contributed by atoms with Gasteiger partial charge in [-0.05, 0) is 63.3 Å². The standard InChI is InChI=1S/C19H19BrN2O3S/c1-11(2)25-17-8-7-14(20)10-16(17)18(24)22-19(26)21-15-6-4-5-13(9-15)12(3)23/h4-11H,1-3H3,(H2,21,22,24,26). The molecule has 2 rings (SSSR count). The molecule has 0 radical (unpaired) electrons. The van der Waals surface area contributed by atoms with Crippen LogP contribution in [0.3, 0.4) is 0 Å². The lowest BCUT2D eigenvalue weighted by Gasteiger charge is -2.15. The Hall–Kier alpha value is -2.25. The Balaban J connectivity index is 2.12. The van der Waals surface area contributed by atoms with Gasteiger partial charge in [0.05, 0.1) is 11.7 Å². The topological polar surface area (TPSA) is 67.4 Å². The van der Waals surface area contributed by atoms with Crippen molar-refractivity contribution in [3.05, 3.63) is 58.1 Å². The van der Waals surface area contributed by atoms with Crippen molar-refractivity contribution in [2.24, 2.45) is 0 Å². The molecule has 0 saturated carbocycles. The molecule has 0 fully saturated rings. The van der Waals surface area contributed by atoms with Crippen molar-refractivity contribution < 1.29 is 14.3 Å². The third kappa shape index (κ3) is 5.64. The number of anilines is 1. The van der Waals surface area contributed by atoms with Crippen LogP contribution in [-0.4, -0.2) is 22.9 Å². The van der Waals surface area contributed by atoms with Crippen LogP contribution in [0.4, 0.5) is 5.69 Å². The summed E-state index contributed by atoms with van der Waals surface area (Å²) in [7, 11) is 0. The van der Waals surface area contributed by atoms with Crippen LogP contribution in [0.5, 0.6) is 5.75 Å². The fourth-order valence-electron chi connectivity index (χ4n) is 2.19. The van der Waals surface area contributed by atoms with Crippen LogP contribution >= 0.6 is 28.1 Å². The largest absolute Gasteiger partial charge is 0.490 e. The smallest absolute Gasteiger partial charge is 0.261 e. The van der Waals surface area contributed by atoms with Crippen LogP contribution < -0.4 is 15.4 Å². The van der Waals surface area contributed by atoms with Gasteiger partial charge in [-0.15, -0.1) is 0 Å². The number of Topliss-reactive ketones (excluding diaryl/α,β-unsaturated/α-hetero) is 1. The molecule has 26 heavy (non-hydrogen) atoms. The van der Waals surface area contributed by atoms with Gasteiger partial charge in [-0.3, -0.25) is 14.9 Å². The summed E-state index contributed by atoms with van der Waals surface area (Å²) in [5, 5.41) is 5.67. The molecule has 5 nitrogen and oxygen atoms in total. The lowest BCUT2D eigenvalue weighted by molar-refractivity contribution is 0.0970. The van der Waals surface area contributed by atoms with Gasteiger partial charge >= 0.3 is 0 Å². The summed E-state index contributed by atoms with van der Waals surface area (Å²) in [4.78, 5) is 24.0. The van der Waals surface area contributed by atoms with Crippen LogP contribution in [0, 0.1) is 0 Å². The number of thiocarbonyl (C=S) groups is 1. The Bertz CT molecular complexity index is 852. The average molecular weight is 435 g/mol. The third-order valence-electron chi connectivity index (χ3n) is 3.30. The van der Waals surface area contributed by atoms with Crippen molar-refractivity contribution in [3.63, 3.8) is 0 Å². The first-order valence-corrected chi connectivity index (χ1v) is 9.16. The molecule has 1 amide bonds. The molecule has 0 aliphatic carbocycles. The number of benzene rings is 2. The minimum atomic E-state index is -0.387. The molecule has 2 aromatic rings. The number of ether oxygens (including phenoxy) is 1. The lowest BCUT2D eigenvalue weighted by atomic mass is 10.1. The second kappa shape index (κ2) is 8.91. The minimum absolute atomic E-state index is 0.0479. The Labute approximate surface area is 166 Å². The fourth-order valence-corrected chi connectivity index (χ4v) is 2.76. The van der Waals surface area contributed by atoms with E-state index in [2.05, 4.69) is 26.6 Å². The second-order valence-corrected chi connectivity index (χ2v) is 7.18. The first-order chi connectivity index (χ1) is 12.3. The van der Waals surface area contributed by atoms with Crippen molar-refractivity contribution in [1.82, 2.24) is 5.32 Å². The maximum atomic E-state index is 12.6. The van der Waals surface area contributed by atoms with E-state index in [0.717, 1.165) is 4.47 Å². The quantitative estimate of drug-likeness (QED) is 0.532. The third-order valence-corrected chi connectivity index (χ3v) is 4.00. The van der Waals surface area contributed by atoms with Gasteiger partial charge in [-0.1, -0.05) is 28.1 Å². The fraction of sp³-hybridized carbons (Fsp3) is 0.211. The summed E-state index contributed by atoms with van der Waals surface area (Å²) in [5.74, 6) is 0.0393. The van der Waals surface area contributed by atoms with Crippen molar-refractivity contribution in [3.8, 4) is 5.75 Å². The van der Waals surface area contributed by atoms with Crippen LogP contribution in [0.25, 0.3) is 0 Å². The van der Waals surface area contributed by atoms with E-state index in [1.807, 2.05) is 13.8 Å². The normalized spacial score (nSPS) is 10.3. The number of amides is 1. The highest BCUT2D eigenvalue weighted by molar-refractivity contribution is 9.10. The van der Waals surface area contributed by atoms with E-state index in [0.29, 0.717) is 22.6 Å². The summed E-state index contributed by atoms with van der Waals surface area (Å²) in [6.45, 7) is 5.26. The first kappa shape index (κ1) is 20.1. The predicted octanol–water partition coefficient (Wildman–Crippen LogP) is 4.57. The summed E-state index contributed by atoms with van der Waals surface area (Å²) in [5.41, 5.74) is 1.55. The van der Waals surface area contributed by atoms with Gasteiger partial charge in [0.2, 0.25) is 0 Å². The van der Waals surface area contributed by atoms with E-state index in [-0.39, 0.29) is 22.9 Å². The van der Waals surface area contributed by atoms with Gasteiger partial charge in [-0.2, -0.15) is 0 Å². The summed E-state index contributed by atoms with van der Waals surface area (Å²) < 4.78 is 6.44. The summed E-state index contributed by atoms with van der Waals surface area (Å²) in [6, 6.07) is 12.1.